The Morgan fingerprint density at radius 1 is 1.09 bits per heavy atom. The van der Waals surface area contributed by atoms with Gasteiger partial charge < -0.3 is 4.74 Å². The molecule has 22 heavy (non-hydrogen) atoms. The van der Waals surface area contributed by atoms with Crippen molar-refractivity contribution < 1.29 is 19.1 Å². The van der Waals surface area contributed by atoms with Crippen molar-refractivity contribution in [2.24, 2.45) is 23.7 Å². The lowest BCUT2D eigenvalue weighted by Gasteiger charge is -2.19. The van der Waals surface area contributed by atoms with Crippen LogP contribution in [0.4, 0.5) is 5.69 Å². The number of imide groups is 1. The van der Waals surface area contributed by atoms with Crippen molar-refractivity contribution in [1.82, 2.24) is 0 Å². The largest absolute Gasteiger partial charge is 0.424 e. The third kappa shape index (κ3) is 1.74. The minimum Gasteiger partial charge on any atom is -0.424 e. The van der Waals surface area contributed by atoms with Crippen LogP contribution in [0.3, 0.4) is 0 Å². The highest BCUT2D eigenvalue weighted by molar-refractivity contribution is 6.23. The second kappa shape index (κ2) is 4.66. The number of rotatable bonds is 2. The zero-order valence-corrected chi connectivity index (χ0v) is 12.3. The molecule has 0 spiro atoms. The third-order valence-corrected chi connectivity index (χ3v) is 5.29. The summed E-state index contributed by atoms with van der Waals surface area (Å²) in [5.74, 6) is -0.0950. The second-order valence-corrected chi connectivity index (χ2v) is 6.46. The predicted octanol–water partition coefficient (Wildman–Crippen LogP) is 2.15. The van der Waals surface area contributed by atoms with Crippen molar-refractivity contribution in [3.63, 3.8) is 0 Å². The normalized spacial score (nSPS) is 32.5. The number of anilines is 1. The first-order chi connectivity index (χ1) is 10.6. The molecule has 114 valence electrons. The Bertz CT molecular complexity index is 655. The molecule has 2 amide bonds. The van der Waals surface area contributed by atoms with Crippen LogP contribution in [0.15, 0.2) is 24.3 Å². The number of benzene rings is 1. The SMILES string of the molecule is CC(=O)Oc1ccccc1N1C(=O)[C@@H]2[C@H]3CC[C@@H](C3)[C@@H]2C1=O. The fraction of sp³-hybridized carbons (Fsp3) is 0.471. The maximum atomic E-state index is 12.8. The number of carbonyl (C=O) groups is 3. The highest BCUT2D eigenvalue weighted by atomic mass is 16.5. The first kappa shape index (κ1) is 13.5. The molecule has 1 heterocycles. The van der Waals surface area contributed by atoms with Crippen LogP contribution in [0.25, 0.3) is 0 Å². The number of carbonyl (C=O) groups excluding carboxylic acids is 3. The molecule has 0 aromatic heterocycles. The zero-order valence-electron chi connectivity index (χ0n) is 12.3. The standard InChI is InChI=1S/C17H17NO4/c1-9(19)22-13-5-3-2-4-12(13)18-16(20)14-10-6-7-11(8-10)15(14)17(18)21/h2-5,10-11,14-15H,6-8H2,1H3/t10-,11-,14-,15+/m0/s1. The van der Waals surface area contributed by atoms with Gasteiger partial charge in [-0.2, -0.15) is 0 Å². The summed E-state index contributed by atoms with van der Waals surface area (Å²) in [4.78, 5) is 38.1. The summed E-state index contributed by atoms with van der Waals surface area (Å²) in [5.41, 5.74) is 0.390. The van der Waals surface area contributed by atoms with Crippen molar-refractivity contribution in [3.8, 4) is 5.75 Å². The minimum atomic E-state index is -0.466. The number of nitrogens with zero attached hydrogens (tertiary/aromatic N) is 1. The zero-order chi connectivity index (χ0) is 15.4. The molecule has 1 saturated heterocycles. The van der Waals surface area contributed by atoms with Gasteiger partial charge in [0.1, 0.15) is 0 Å². The van der Waals surface area contributed by atoms with Gasteiger partial charge in [-0.1, -0.05) is 12.1 Å². The summed E-state index contributed by atoms with van der Waals surface area (Å²) in [6.07, 6.45) is 3.10. The molecule has 3 fully saturated rings. The molecule has 2 saturated carbocycles. The molecule has 1 aliphatic heterocycles. The fourth-order valence-electron chi connectivity index (χ4n) is 4.53. The minimum absolute atomic E-state index is 0.123. The summed E-state index contributed by atoms with van der Waals surface area (Å²) in [6.45, 7) is 1.30. The van der Waals surface area contributed by atoms with E-state index in [4.69, 9.17) is 4.74 Å². The summed E-state index contributed by atoms with van der Waals surface area (Å²) < 4.78 is 5.16. The Hall–Kier alpha value is -2.17. The summed E-state index contributed by atoms with van der Waals surface area (Å²) in [7, 11) is 0. The molecule has 2 bridgehead atoms. The van der Waals surface area contributed by atoms with Gasteiger partial charge in [-0.25, -0.2) is 4.90 Å². The molecule has 1 aromatic carbocycles. The molecule has 4 rings (SSSR count). The Balaban J connectivity index is 1.74. The lowest BCUT2D eigenvalue weighted by atomic mass is 9.81. The van der Waals surface area contributed by atoms with E-state index in [1.807, 2.05) is 0 Å². The van der Waals surface area contributed by atoms with E-state index in [1.54, 1.807) is 24.3 Å². The molecular weight excluding hydrogens is 282 g/mol. The molecule has 3 aliphatic rings. The van der Waals surface area contributed by atoms with Gasteiger partial charge >= 0.3 is 5.97 Å². The number of ether oxygens (including phenoxy) is 1. The lowest BCUT2D eigenvalue weighted by Crippen LogP contribution is -2.33. The Morgan fingerprint density at radius 3 is 2.27 bits per heavy atom. The molecule has 5 nitrogen and oxygen atoms in total. The number of hydrogen-bond acceptors (Lipinski definition) is 4. The van der Waals surface area contributed by atoms with Gasteiger partial charge in [0.05, 0.1) is 17.5 Å². The van der Waals surface area contributed by atoms with Crippen LogP contribution in [0.5, 0.6) is 5.75 Å². The molecule has 0 N–H and O–H groups in total. The van der Waals surface area contributed by atoms with Crippen LogP contribution in [0, 0.1) is 23.7 Å². The van der Waals surface area contributed by atoms with Crippen molar-refractivity contribution in [3.05, 3.63) is 24.3 Å². The predicted molar refractivity (Wildman–Crippen MR) is 78.1 cm³/mol. The maximum Gasteiger partial charge on any atom is 0.308 e. The van der Waals surface area contributed by atoms with E-state index in [0.29, 0.717) is 17.5 Å². The van der Waals surface area contributed by atoms with Gasteiger partial charge in [0.2, 0.25) is 11.8 Å². The van der Waals surface area contributed by atoms with Gasteiger partial charge in [-0.05, 0) is 43.2 Å². The van der Waals surface area contributed by atoms with Gasteiger partial charge in [0.15, 0.2) is 5.75 Å². The van der Waals surface area contributed by atoms with Crippen LogP contribution in [-0.4, -0.2) is 17.8 Å². The van der Waals surface area contributed by atoms with E-state index in [2.05, 4.69) is 0 Å². The fourth-order valence-corrected chi connectivity index (χ4v) is 4.53. The van der Waals surface area contributed by atoms with Crippen molar-refractivity contribution in [2.75, 3.05) is 4.90 Å². The van der Waals surface area contributed by atoms with Crippen LogP contribution >= 0.6 is 0 Å². The topological polar surface area (TPSA) is 63.7 Å². The molecule has 0 radical (unpaired) electrons. The highest BCUT2D eigenvalue weighted by Crippen LogP contribution is 2.57. The third-order valence-electron chi connectivity index (χ3n) is 5.29. The Labute approximate surface area is 128 Å². The van der Waals surface area contributed by atoms with E-state index in [0.717, 1.165) is 19.3 Å². The quantitative estimate of drug-likeness (QED) is 0.477. The maximum absolute atomic E-state index is 12.8. The summed E-state index contributed by atoms with van der Waals surface area (Å²) in [6, 6.07) is 6.74. The molecule has 0 unspecified atom stereocenters. The van der Waals surface area contributed by atoms with Gasteiger partial charge in [-0.15, -0.1) is 0 Å². The van der Waals surface area contributed by atoms with E-state index in [-0.39, 0.29) is 29.4 Å². The summed E-state index contributed by atoms with van der Waals surface area (Å²) in [5, 5.41) is 0. The van der Waals surface area contributed by atoms with Crippen LogP contribution in [-0.2, 0) is 14.4 Å². The number of amides is 2. The van der Waals surface area contributed by atoms with Gasteiger partial charge in [0.25, 0.3) is 0 Å². The van der Waals surface area contributed by atoms with Gasteiger partial charge in [0, 0.05) is 6.92 Å². The molecule has 4 atom stereocenters. The van der Waals surface area contributed by atoms with Crippen molar-refractivity contribution in [2.45, 2.75) is 26.2 Å². The monoisotopic (exact) mass is 299 g/mol. The van der Waals surface area contributed by atoms with Crippen LogP contribution in [0.2, 0.25) is 0 Å². The number of fused-ring (bicyclic) bond motifs is 5. The lowest BCUT2D eigenvalue weighted by molar-refractivity contribution is -0.132. The smallest absolute Gasteiger partial charge is 0.308 e. The average Bonchev–Trinajstić information content (AvgIpc) is 3.14. The Kier molecular flexibility index (Phi) is 2.86. The van der Waals surface area contributed by atoms with E-state index < -0.39 is 5.97 Å². The first-order valence-electron chi connectivity index (χ1n) is 7.73. The van der Waals surface area contributed by atoms with E-state index in [9.17, 15) is 14.4 Å². The highest BCUT2D eigenvalue weighted by Gasteiger charge is 2.61. The summed E-state index contributed by atoms with van der Waals surface area (Å²) >= 11 is 0. The molecule has 5 heteroatoms. The van der Waals surface area contributed by atoms with Gasteiger partial charge in [-0.3, -0.25) is 14.4 Å². The van der Waals surface area contributed by atoms with Crippen molar-refractivity contribution in [1.29, 1.82) is 0 Å². The number of hydrogen-bond donors (Lipinski definition) is 0. The second-order valence-electron chi connectivity index (χ2n) is 6.46. The molecule has 1 aromatic rings. The van der Waals surface area contributed by atoms with E-state index in [1.165, 1.54) is 11.8 Å². The first-order valence-corrected chi connectivity index (χ1v) is 7.73. The number of para-hydroxylation sites is 2. The number of esters is 1. The van der Waals surface area contributed by atoms with Crippen LogP contribution < -0.4 is 9.64 Å². The molecular formula is C17H17NO4. The Morgan fingerprint density at radius 2 is 1.68 bits per heavy atom. The van der Waals surface area contributed by atoms with Crippen molar-refractivity contribution >= 4 is 23.5 Å². The average molecular weight is 299 g/mol. The van der Waals surface area contributed by atoms with Crippen LogP contribution in [0.1, 0.15) is 26.2 Å². The van der Waals surface area contributed by atoms with E-state index >= 15 is 0 Å². The molecule has 2 aliphatic carbocycles.